The minimum Gasteiger partial charge on any atom is -0.445 e. The molecule has 17 heavy (non-hydrogen) atoms. The van der Waals surface area contributed by atoms with Crippen molar-refractivity contribution in [3.63, 3.8) is 0 Å². The van der Waals surface area contributed by atoms with Crippen LogP contribution in [-0.2, 0) is 4.74 Å². The molecule has 0 saturated carbocycles. The quantitative estimate of drug-likeness (QED) is 0.527. The normalized spacial score (nSPS) is 11.6. The fourth-order valence-electron chi connectivity index (χ4n) is 1.03. The van der Waals surface area contributed by atoms with Gasteiger partial charge in [-0.05, 0) is 19.1 Å². The van der Waals surface area contributed by atoms with Gasteiger partial charge in [0.15, 0.2) is 0 Å². The van der Waals surface area contributed by atoms with E-state index in [2.05, 4.69) is 21.2 Å². The van der Waals surface area contributed by atoms with Gasteiger partial charge >= 0.3 is 6.09 Å². The monoisotopic (exact) mass is 302 g/mol. The van der Waals surface area contributed by atoms with Gasteiger partial charge in [0, 0.05) is 23.2 Å². The summed E-state index contributed by atoms with van der Waals surface area (Å²) >= 11 is 3.17. The summed E-state index contributed by atoms with van der Waals surface area (Å²) in [6.07, 6.45) is -0.834. The molecule has 6 nitrogen and oxygen atoms in total. The van der Waals surface area contributed by atoms with Crippen molar-refractivity contribution in [3.8, 4) is 0 Å². The second-order valence-electron chi connectivity index (χ2n) is 3.30. The molecular weight excluding hydrogens is 292 g/mol. The van der Waals surface area contributed by atoms with Gasteiger partial charge in [0.1, 0.15) is 6.10 Å². The number of anilines is 1. The lowest BCUT2D eigenvalue weighted by Gasteiger charge is -2.10. The molecule has 1 rings (SSSR count). The summed E-state index contributed by atoms with van der Waals surface area (Å²) in [5.74, 6) is 0. The van der Waals surface area contributed by atoms with Gasteiger partial charge < -0.3 is 4.74 Å². The maximum Gasteiger partial charge on any atom is 0.411 e. The standard InChI is InChI=1S/C10H11BrN2O4/c1-7(6-11)17-10(14)12-8-2-4-9(5-3-8)13(15)16/h2-5,7H,6H2,1H3,(H,12,14). The smallest absolute Gasteiger partial charge is 0.411 e. The van der Waals surface area contributed by atoms with Gasteiger partial charge in [-0.15, -0.1) is 0 Å². The Morgan fingerprint density at radius 1 is 1.53 bits per heavy atom. The molecule has 1 aromatic carbocycles. The Labute approximate surface area is 106 Å². The lowest BCUT2D eigenvalue weighted by atomic mass is 10.3. The molecule has 7 heteroatoms. The van der Waals surface area contributed by atoms with Crippen molar-refractivity contribution < 1.29 is 14.5 Å². The SMILES string of the molecule is CC(CBr)OC(=O)Nc1ccc([N+](=O)[O-])cc1. The van der Waals surface area contributed by atoms with Gasteiger partial charge in [0.2, 0.25) is 0 Å². The van der Waals surface area contributed by atoms with E-state index < -0.39 is 11.0 Å². The Hall–Kier alpha value is -1.63. The van der Waals surface area contributed by atoms with Crippen molar-refractivity contribution in [2.45, 2.75) is 13.0 Å². The summed E-state index contributed by atoms with van der Waals surface area (Å²) in [5, 5.41) is 13.4. The number of hydrogen-bond donors (Lipinski definition) is 1. The first kappa shape index (κ1) is 13.4. The highest BCUT2D eigenvalue weighted by molar-refractivity contribution is 9.09. The lowest BCUT2D eigenvalue weighted by Crippen LogP contribution is -2.20. The molecule has 0 radical (unpaired) electrons. The predicted octanol–water partition coefficient (Wildman–Crippen LogP) is 2.93. The number of hydrogen-bond acceptors (Lipinski definition) is 4. The molecule has 0 aliphatic heterocycles. The largest absolute Gasteiger partial charge is 0.445 e. The number of nitrogens with one attached hydrogen (secondary N) is 1. The molecule has 1 N–H and O–H groups in total. The number of nitrogens with zero attached hydrogens (tertiary/aromatic N) is 1. The summed E-state index contributed by atoms with van der Waals surface area (Å²) in [6, 6.07) is 5.50. The first-order valence-electron chi connectivity index (χ1n) is 4.81. The average Bonchev–Trinajstić information content (AvgIpc) is 2.29. The van der Waals surface area contributed by atoms with Crippen molar-refractivity contribution in [2.24, 2.45) is 0 Å². The van der Waals surface area contributed by atoms with Crippen molar-refractivity contribution in [3.05, 3.63) is 34.4 Å². The third-order valence-corrected chi connectivity index (χ3v) is 2.76. The number of ether oxygens (including phenoxy) is 1. The van der Waals surface area contributed by atoms with Crippen molar-refractivity contribution >= 4 is 33.4 Å². The highest BCUT2D eigenvalue weighted by atomic mass is 79.9. The second-order valence-corrected chi connectivity index (χ2v) is 3.95. The molecule has 0 saturated heterocycles. The Morgan fingerprint density at radius 2 is 2.12 bits per heavy atom. The summed E-state index contributed by atoms with van der Waals surface area (Å²) < 4.78 is 4.95. The van der Waals surface area contributed by atoms with Crippen LogP contribution >= 0.6 is 15.9 Å². The third kappa shape index (κ3) is 4.39. The number of nitro groups is 1. The fourth-order valence-corrected chi connectivity index (χ4v) is 1.16. The fraction of sp³-hybridized carbons (Fsp3) is 0.300. The van der Waals surface area contributed by atoms with Crippen molar-refractivity contribution in [2.75, 3.05) is 10.6 Å². The van der Waals surface area contributed by atoms with E-state index in [-0.39, 0.29) is 11.8 Å². The zero-order valence-corrected chi connectivity index (χ0v) is 10.6. The van der Waals surface area contributed by atoms with Gasteiger partial charge in [-0.25, -0.2) is 4.79 Å². The summed E-state index contributed by atoms with van der Waals surface area (Å²) in [7, 11) is 0. The van der Waals surface area contributed by atoms with Gasteiger partial charge in [-0.3, -0.25) is 15.4 Å². The number of nitro benzene ring substituents is 1. The molecule has 0 aliphatic carbocycles. The Kier molecular flexibility index (Phi) is 4.89. The van der Waals surface area contributed by atoms with E-state index >= 15 is 0 Å². The summed E-state index contributed by atoms with van der Waals surface area (Å²) in [4.78, 5) is 21.2. The van der Waals surface area contributed by atoms with Crippen LogP contribution < -0.4 is 5.32 Å². The molecule has 0 fully saturated rings. The number of rotatable bonds is 4. The van der Waals surface area contributed by atoms with Gasteiger partial charge in [0.25, 0.3) is 5.69 Å². The zero-order valence-electron chi connectivity index (χ0n) is 9.05. The van der Waals surface area contributed by atoms with Crippen LogP contribution in [0.3, 0.4) is 0 Å². The van der Waals surface area contributed by atoms with Crippen LogP contribution in [0.1, 0.15) is 6.92 Å². The molecule has 0 aliphatic rings. The minimum absolute atomic E-state index is 0.0299. The molecule has 1 atom stereocenters. The Morgan fingerprint density at radius 3 is 2.59 bits per heavy atom. The van der Waals surface area contributed by atoms with E-state index in [4.69, 9.17) is 4.74 Å². The van der Waals surface area contributed by atoms with E-state index in [1.54, 1.807) is 6.92 Å². The molecule has 1 unspecified atom stereocenters. The molecule has 0 aromatic heterocycles. The Balaban J connectivity index is 2.57. The molecule has 92 valence electrons. The van der Waals surface area contributed by atoms with Crippen LogP contribution in [0, 0.1) is 10.1 Å². The molecule has 0 heterocycles. The minimum atomic E-state index is -0.592. The molecule has 0 bridgehead atoms. The van der Waals surface area contributed by atoms with E-state index in [1.807, 2.05) is 0 Å². The average molecular weight is 303 g/mol. The molecular formula is C10H11BrN2O4. The van der Waals surface area contributed by atoms with Crippen LogP contribution in [0.15, 0.2) is 24.3 Å². The summed E-state index contributed by atoms with van der Waals surface area (Å²) in [5.41, 5.74) is 0.417. The first-order chi connectivity index (χ1) is 8.02. The van der Waals surface area contributed by atoms with E-state index in [0.717, 1.165) is 0 Å². The number of benzene rings is 1. The highest BCUT2D eigenvalue weighted by Gasteiger charge is 2.09. The molecule has 1 aromatic rings. The van der Waals surface area contributed by atoms with Gasteiger partial charge in [-0.2, -0.15) is 0 Å². The van der Waals surface area contributed by atoms with Crippen LogP contribution in [0.5, 0.6) is 0 Å². The van der Waals surface area contributed by atoms with Crippen molar-refractivity contribution in [1.29, 1.82) is 0 Å². The number of non-ortho nitro benzene ring substituents is 1. The number of halogens is 1. The topological polar surface area (TPSA) is 81.5 Å². The summed E-state index contributed by atoms with van der Waals surface area (Å²) in [6.45, 7) is 1.74. The van der Waals surface area contributed by atoms with Crippen molar-refractivity contribution in [1.82, 2.24) is 0 Å². The van der Waals surface area contributed by atoms with Crippen LogP contribution in [0.2, 0.25) is 0 Å². The first-order valence-corrected chi connectivity index (χ1v) is 5.93. The molecule has 0 spiro atoms. The maximum atomic E-state index is 11.3. The van der Waals surface area contributed by atoms with Crippen LogP contribution in [0.4, 0.5) is 16.2 Å². The lowest BCUT2D eigenvalue weighted by molar-refractivity contribution is -0.384. The zero-order chi connectivity index (χ0) is 12.8. The highest BCUT2D eigenvalue weighted by Crippen LogP contribution is 2.15. The second kappa shape index (κ2) is 6.19. The van der Waals surface area contributed by atoms with Crippen LogP contribution in [0.25, 0.3) is 0 Å². The van der Waals surface area contributed by atoms with Gasteiger partial charge in [0.05, 0.1) is 4.92 Å². The van der Waals surface area contributed by atoms with E-state index in [0.29, 0.717) is 11.0 Å². The maximum absolute atomic E-state index is 11.3. The van der Waals surface area contributed by atoms with E-state index in [1.165, 1.54) is 24.3 Å². The number of carbonyl (C=O) groups is 1. The van der Waals surface area contributed by atoms with Gasteiger partial charge in [-0.1, -0.05) is 15.9 Å². The third-order valence-electron chi connectivity index (χ3n) is 1.85. The predicted molar refractivity (Wildman–Crippen MR) is 66.5 cm³/mol. The van der Waals surface area contributed by atoms with E-state index in [9.17, 15) is 14.9 Å². The number of amides is 1. The number of carbonyl (C=O) groups excluding carboxylic acids is 1. The number of alkyl halides is 1. The molecule has 1 amide bonds. The Bertz CT molecular complexity index is 407. The van der Waals surface area contributed by atoms with Crippen LogP contribution in [-0.4, -0.2) is 22.5 Å².